The lowest BCUT2D eigenvalue weighted by molar-refractivity contribution is 0.0585. The number of rotatable bonds is 5. The summed E-state index contributed by atoms with van der Waals surface area (Å²) in [7, 11) is 0. The Balaban J connectivity index is 1.43. The summed E-state index contributed by atoms with van der Waals surface area (Å²) in [5.41, 5.74) is 1.14. The number of benzene rings is 3. The molecule has 0 spiro atoms. The van der Waals surface area contributed by atoms with Crippen molar-refractivity contribution in [1.29, 1.82) is 5.26 Å². The number of amides is 1. The Hall–Kier alpha value is -3.37. The Morgan fingerprint density at radius 3 is 2.41 bits per heavy atom. The summed E-state index contributed by atoms with van der Waals surface area (Å²) in [5.74, 6) is -1.45. The number of hydrogen-bond acceptors (Lipinski definition) is 4. The smallest absolute Gasteiger partial charge is 0.255 e. The molecule has 0 radical (unpaired) electrons. The molecule has 0 saturated carbocycles. The molecule has 1 aliphatic rings. The summed E-state index contributed by atoms with van der Waals surface area (Å²) in [5, 5.41) is 9.35. The lowest BCUT2D eigenvalue weighted by Gasteiger charge is -2.32. The summed E-state index contributed by atoms with van der Waals surface area (Å²) >= 11 is 1.40. The molecular formula is C25H20F2N2O2S. The predicted octanol–water partition coefficient (Wildman–Crippen LogP) is 5.67. The highest BCUT2D eigenvalue weighted by atomic mass is 32.2. The summed E-state index contributed by atoms with van der Waals surface area (Å²) < 4.78 is 32.6. The minimum atomic E-state index is -0.730. The number of hydrogen-bond donors (Lipinski definition) is 0. The van der Waals surface area contributed by atoms with Gasteiger partial charge >= 0.3 is 0 Å². The molecule has 3 aromatic carbocycles. The lowest BCUT2D eigenvalue weighted by Crippen LogP contribution is -2.42. The summed E-state index contributed by atoms with van der Waals surface area (Å²) in [6, 6.07) is 20.1. The zero-order valence-corrected chi connectivity index (χ0v) is 17.9. The maximum absolute atomic E-state index is 13.9. The van der Waals surface area contributed by atoms with Gasteiger partial charge < -0.3 is 9.64 Å². The number of carbonyl (C=O) groups excluding carboxylic acids is 1. The number of nitrogens with zero attached hydrogens (tertiary/aromatic N) is 2. The van der Waals surface area contributed by atoms with E-state index in [9.17, 15) is 18.8 Å². The second-order valence-electron chi connectivity index (χ2n) is 7.39. The molecule has 0 N–H and O–H groups in total. The van der Waals surface area contributed by atoms with Gasteiger partial charge in [-0.25, -0.2) is 8.78 Å². The van der Waals surface area contributed by atoms with Crippen LogP contribution < -0.4 is 4.74 Å². The SMILES string of the molecule is N#Cc1ccccc1Sc1ccccc1C(=O)N1CCC(Oc2ccc(F)cc2F)CC1. The van der Waals surface area contributed by atoms with E-state index in [0.29, 0.717) is 37.1 Å². The van der Waals surface area contributed by atoms with E-state index in [1.165, 1.54) is 17.8 Å². The minimum absolute atomic E-state index is 0.0223. The van der Waals surface area contributed by atoms with E-state index in [1.54, 1.807) is 17.0 Å². The van der Waals surface area contributed by atoms with Gasteiger partial charge in [-0.2, -0.15) is 5.26 Å². The van der Waals surface area contributed by atoms with E-state index in [1.807, 2.05) is 36.4 Å². The lowest BCUT2D eigenvalue weighted by atomic mass is 10.1. The highest BCUT2D eigenvalue weighted by molar-refractivity contribution is 7.99. The van der Waals surface area contributed by atoms with Crippen molar-refractivity contribution in [2.24, 2.45) is 0 Å². The molecule has 162 valence electrons. The highest BCUT2D eigenvalue weighted by Gasteiger charge is 2.27. The number of carbonyl (C=O) groups is 1. The van der Waals surface area contributed by atoms with Crippen LogP contribution in [-0.2, 0) is 0 Å². The van der Waals surface area contributed by atoms with Crippen LogP contribution in [0.4, 0.5) is 8.78 Å². The molecule has 1 saturated heterocycles. The summed E-state index contributed by atoms with van der Waals surface area (Å²) in [6.07, 6.45) is 0.857. The van der Waals surface area contributed by atoms with Gasteiger partial charge in [-0.15, -0.1) is 0 Å². The van der Waals surface area contributed by atoms with Gasteiger partial charge in [0.1, 0.15) is 18.0 Å². The maximum atomic E-state index is 13.9. The molecule has 0 atom stereocenters. The monoisotopic (exact) mass is 450 g/mol. The first-order valence-corrected chi connectivity index (χ1v) is 11.0. The quantitative estimate of drug-likeness (QED) is 0.503. The Morgan fingerprint density at radius 1 is 1.00 bits per heavy atom. The number of ether oxygens (including phenoxy) is 1. The second kappa shape index (κ2) is 9.84. The number of likely N-dealkylation sites (tertiary alicyclic amines) is 1. The third kappa shape index (κ3) is 4.92. The van der Waals surface area contributed by atoms with Crippen molar-refractivity contribution in [2.45, 2.75) is 28.7 Å². The molecule has 0 aromatic heterocycles. The molecule has 4 rings (SSSR count). The molecule has 1 heterocycles. The van der Waals surface area contributed by atoms with Gasteiger partial charge in [0, 0.05) is 41.8 Å². The first kappa shape index (κ1) is 21.8. The first-order chi connectivity index (χ1) is 15.5. The Kier molecular flexibility index (Phi) is 6.72. The Bertz CT molecular complexity index is 1170. The molecule has 0 unspecified atom stereocenters. The molecular weight excluding hydrogens is 430 g/mol. The average Bonchev–Trinajstić information content (AvgIpc) is 2.82. The summed E-state index contributed by atoms with van der Waals surface area (Å²) in [4.78, 5) is 16.6. The van der Waals surface area contributed by atoms with Gasteiger partial charge in [0.05, 0.1) is 11.1 Å². The minimum Gasteiger partial charge on any atom is -0.487 e. The standard InChI is InChI=1S/C25H20F2N2O2S/c26-18-9-10-22(21(27)15-18)31-19-11-13-29(14-12-19)25(30)20-6-2-4-8-24(20)32-23-7-3-1-5-17(23)16-28/h1-10,15,19H,11-14H2. The molecule has 0 bridgehead atoms. The van der Waals surface area contributed by atoms with E-state index < -0.39 is 11.6 Å². The molecule has 1 amide bonds. The third-order valence-corrected chi connectivity index (χ3v) is 6.41. The Morgan fingerprint density at radius 2 is 1.69 bits per heavy atom. The van der Waals surface area contributed by atoms with Crippen LogP contribution in [0.3, 0.4) is 0 Å². The van der Waals surface area contributed by atoms with Gasteiger partial charge in [0.15, 0.2) is 11.6 Å². The number of halogens is 2. The van der Waals surface area contributed by atoms with Crippen molar-refractivity contribution in [3.63, 3.8) is 0 Å². The van der Waals surface area contributed by atoms with Gasteiger partial charge in [0.25, 0.3) is 5.91 Å². The van der Waals surface area contributed by atoms with E-state index in [-0.39, 0.29) is 17.8 Å². The van der Waals surface area contributed by atoms with Crippen LogP contribution in [0.25, 0.3) is 0 Å². The van der Waals surface area contributed by atoms with Crippen molar-refractivity contribution in [3.8, 4) is 11.8 Å². The fourth-order valence-corrected chi connectivity index (χ4v) is 4.62. The van der Waals surface area contributed by atoms with Crippen LogP contribution in [0, 0.1) is 23.0 Å². The van der Waals surface area contributed by atoms with Crippen molar-refractivity contribution >= 4 is 17.7 Å². The van der Waals surface area contributed by atoms with E-state index in [2.05, 4.69) is 6.07 Å². The van der Waals surface area contributed by atoms with Gasteiger partial charge in [0.2, 0.25) is 0 Å². The number of nitriles is 1. The molecule has 0 aliphatic carbocycles. The van der Waals surface area contributed by atoms with Crippen molar-refractivity contribution in [2.75, 3.05) is 13.1 Å². The van der Waals surface area contributed by atoms with Crippen LogP contribution in [-0.4, -0.2) is 30.0 Å². The predicted molar refractivity (Wildman–Crippen MR) is 118 cm³/mol. The molecule has 1 aliphatic heterocycles. The van der Waals surface area contributed by atoms with Crippen LogP contribution in [0.1, 0.15) is 28.8 Å². The average molecular weight is 451 g/mol. The van der Waals surface area contributed by atoms with Crippen LogP contribution >= 0.6 is 11.8 Å². The largest absolute Gasteiger partial charge is 0.487 e. The van der Waals surface area contributed by atoms with Crippen molar-refractivity contribution < 1.29 is 18.3 Å². The van der Waals surface area contributed by atoms with Gasteiger partial charge in [-0.1, -0.05) is 36.0 Å². The molecule has 7 heteroatoms. The molecule has 3 aromatic rings. The first-order valence-electron chi connectivity index (χ1n) is 10.2. The topological polar surface area (TPSA) is 53.3 Å². The summed E-state index contributed by atoms with van der Waals surface area (Å²) in [6.45, 7) is 0.945. The van der Waals surface area contributed by atoms with Gasteiger partial charge in [-0.3, -0.25) is 4.79 Å². The van der Waals surface area contributed by atoms with Crippen LogP contribution in [0.15, 0.2) is 76.5 Å². The maximum Gasteiger partial charge on any atom is 0.255 e. The Labute approximate surface area is 189 Å². The van der Waals surface area contributed by atoms with Crippen molar-refractivity contribution in [1.82, 2.24) is 4.90 Å². The highest BCUT2D eigenvalue weighted by Crippen LogP contribution is 2.33. The van der Waals surface area contributed by atoms with Crippen molar-refractivity contribution in [3.05, 3.63) is 89.5 Å². The normalized spacial score (nSPS) is 14.1. The fraction of sp³-hybridized carbons (Fsp3) is 0.200. The van der Waals surface area contributed by atoms with Crippen LogP contribution in [0.5, 0.6) is 5.75 Å². The third-order valence-electron chi connectivity index (χ3n) is 5.26. The second-order valence-corrected chi connectivity index (χ2v) is 8.47. The van der Waals surface area contributed by atoms with E-state index in [0.717, 1.165) is 21.9 Å². The van der Waals surface area contributed by atoms with Crippen LogP contribution in [0.2, 0.25) is 0 Å². The van der Waals surface area contributed by atoms with Gasteiger partial charge in [-0.05, 0) is 36.4 Å². The van der Waals surface area contributed by atoms with E-state index in [4.69, 9.17) is 4.74 Å². The van der Waals surface area contributed by atoms with E-state index >= 15 is 0 Å². The fourth-order valence-electron chi connectivity index (χ4n) is 3.60. The zero-order chi connectivity index (χ0) is 22.5. The number of piperidine rings is 1. The molecule has 1 fully saturated rings. The molecule has 4 nitrogen and oxygen atoms in total. The molecule has 32 heavy (non-hydrogen) atoms. The zero-order valence-electron chi connectivity index (χ0n) is 17.1.